The van der Waals surface area contributed by atoms with E-state index in [0.717, 1.165) is 75.7 Å². The molecule has 0 bridgehead atoms. The summed E-state index contributed by atoms with van der Waals surface area (Å²) in [6, 6.07) is 1.99. The molecule has 0 saturated heterocycles. The van der Waals surface area contributed by atoms with Crippen LogP contribution in [-0.4, -0.2) is 34.9 Å². The fraction of sp³-hybridized carbons (Fsp3) is 0.304. The number of nitrogen functional groups attached to an aromatic ring is 1. The van der Waals surface area contributed by atoms with Gasteiger partial charge in [0.1, 0.15) is 17.0 Å². The molecule has 166 valence electrons. The topological polar surface area (TPSA) is 119 Å². The molecule has 1 aliphatic rings. The molecule has 0 spiro atoms. The molecule has 6 rings (SSSR count). The van der Waals surface area contributed by atoms with E-state index >= 15 is 0 Å². The summed E-state index contributed by atoms with van der Waals surface area (Å²) in [5, 5.41) is 2.30. The highest BCUT2D eigenvalue weighted by atomic mass is 35.5. The maximum Gasteiger partial charge on any atom is 0.180 e. The van der Waals surface area contributed by atoms with Crippen molar-refractivity contribution in [2.24, 2.45) is 0 Å². The monoisotopic (exact) mass is 476 g/mol. The zero-order chi connectivity index (χ0) is 22.5. The summed E-state index contributed by atoms with van der Waals surface area (Å²) in [4.78, 5) is 32.1. The van der Waals surface area contributed by atoms with Gasteiger partial charge < -0.3 is 10.7 Å². The van der Waals surface area contributed by atoms with Gasteiger partial charge in [0, 0.05) is 41.5 Å². The van der Waals surface area contributed by atoms with Crippen molar-refractivity contribution in [1.82, 2.24) is 34.9 Å². The first-order valence-electron chi connectivity index (χ1n) is 11.0. The first-order valence-corrected chi connectivity index (χ1v) is 12.1. The Morgan fingerprint density at radius 2 is 2.06 bits per heavy atom. The summed E-state index contributed by atoms with van der Waals surface area (Å²) in [5.74, 6) is 0.970. The molecule has 8 nitrogen and oxygen atoms in total. The number of H-pyrrole nitrogens is 1. The van der Waals surface area contributed by atoms with Crippen molar-refractivity contribution in [2.75, 3.05) is 5.73 Å². The fourth-order valence-electron chi connectivity index (χ4n) is 4.61. The molecule has 3 N–H and O–H groups in total. The molecule has 5 aromatic rings. The number of aryl methyl sites for hydroxylation is 2. The molecule has 1 aliphatic carbocycles. The molecule has 0 aliphatic heterocycles. The maximum absolute atomic E-state index is 6.80. The van der Waals surface area contributed by atoms with E-state index in [1.54, 1.807) is 23.7 Å². The summed E-state index contributed by atoms with van der Waals surface area (Å²) in [7, 11) is 0. The van der Waals surface area contributed by atoms with Gasteiger partial charge in [-0.25, -0.2) is 24.9 Å². The summed E-state index contributed by atoms with van der Waals surface area (Å²) in [5.41, 5.74) is 12.2. The van der Waals surface area contributed by atoms with Gasteiger partial charge in [-0.2, -0.15) is 0 Å². The average molecular weight is 477 g/mol. The zero-order valence-corrected chi connectivity index (χ0v) is 19.5. The van der Waals surface area contributed by atoms with E-state index in [-0.39, 0.29) is 5.92 Å². The van der Waals surface area contributed by atoms with Gasteiger partial charge in [0.15, 0.2) is 10.8 Å². The first-order chi connectivity index (χ1) is 16.1. The van der Waals surface area contributed by atoms with E-state index in [0.29, 0.717) is 17.2 Å². The summed E-state index contributed by atoms with van der Waals surface area (Å²) in [6.45, 7) is 2.08. The van der Waals surface area contributed by atoms with E-state index < -0.39 is 0 Å². The number of rotatable bonds is 4. The van der Waals surface area contributed by atoms with E-state index in [4.69, 9.17) is 27.3 Å². The van der Waals surface area contributed by atoms with Gasteiger partial charge in [-0.1, -0.05) is 18.5 Å². The molecule has 33 heavy (non-hydrogen) atoms. The number of halogens is 1. The lowest BCUT2D eigenvalue weighted by molar-refractivity contribution is 0.572. The van der Waals surface area contributed by atoms with Crippen molar-refractivity contribution in [2.45, 2.75) is 44.9 Å². The molecule has 0 saturated carbocycles. The molecule has 10 heteroatoms. The second kappa shape index (κ2) is 8.00. The molecular formula is C23H21ClN8S. The Morgan fingerprint density at radius 1 is 1.18 bits per heavy atom. The number of nitrogens with one attached hydrogen (secondary N) is 1. The number of thiazole rings is 1. The van der Waals surface area contributed by atoms with Crippen LogP contribution in [0.2, 0.25) is 5.02 Å². The summed E-state index contributed by atoms with van der Waals surface area (Å²) in [6.07, 6.45) is 9.20. The molecule has 1 atom stereocenters. The number of hydrogen-bond acceptors (Lipinski definition) is 8. The Morgan fingerprint density at radius 3 is 2.94 bits per heavy atom. The normalized spacial score (nSPS) is 15.9. The first kappa shape index (κ1) is 20.4. The van der Waals surface area contributed by atoms with Crippen LogP contribution in [0.4, 0.5) is 5.13 Å². The highest BCUT2D eigenvalue weighted by Crippen LogP contribution is 2.40. The van der Waals surface area contributed by atoms with Crippen LogP contribution in [0.3, 0.4) is 0 Å². The van der Waals surface area contributed by atoms with E-state index in [9.17, 15) is 0 Å². The smallest absolute Gasteiger partial charge is 0.180 e. The molecular weight excluding hydrogens is 456 g/mol. The van der Waals surface area contributed by atoms with Crippen molar-refractivity contribution in [1.29, 1.82) is 0 Å². The molecule has 0 fully saturated rings. The Bertz CT molecular complexity index is 1510. The number of hydrogen-bond donors (Lipinski definition) is 2. The number of aromatic amines is 1. The minimum absolute atomic E-state index is 0.236. The SMILES string of the molecule is CCc1[nH]c2nc(Cc3cnc4nccnc4c3)nc(C3CCc4nc(N)sc4C3)c2c1Cl. The Labute approximate surface area is 198 Å². The van der Waals surface area contributed by atoms with Crippen LogP contribution in [0, 0.1) is 0 Å². The number of nitrogens with two attached hydrogens (primary N) is 1. The number of nitrogens with zero attached hydrogens (tertiary/aromatic N) is 6. The number of fused-ring (bicyclic) bond motifs is 3. The number of anilines is 1. The van der Waals surface area contributed by atoms with Crippen molar-refractivity contribution in [3.63, 3.8) is 0 Å². The van der Waals surface area contributed by atoms with Crippen LogP contribution in [0.25, 0.3) is 22.2 Å². The van der Waals surface area contributed by atoms with E-state index in [1.807, 2.05) is 12.3 Å². The minimum atomic E-state index is 0.236. The number of pyridine rings is 1. The van der Waals surface area contributed by atoms with Crippen LogP contribution in [0.5, 0.6) is 0 Å². The van der Waals surface area contributed by atoms with Crippen molar-refractivity contribution < 1.29 is 0 Å². The lowest BCUT2D eigenvalue weighted by Crippen LogP contribution is -2.15. The zero-order valence-electron chi connectivity index (χ0n) is 18.0. The predicted molar refractivity (Wildman–Crippen MR) is 130 cm³/mol. The Balaban J connectivity index is 1.44. The average Bonchev–Trinajstić information content (AvgIpc) is 3.36. The van der Waals surface area contributed by atoms with Gasteiger partial charge in [0.05, 0.1) is 21.8 Å². The van der Waals surface area contributed by atoms with Gasteiger partial charge in [-0.15, -0.1) is 11.3 Å². The lowest BCUT2D eigenvalue weighted by atomic mass is 9.87. The third-order valence-electron chi connectivity index (χ3n) is 6.18. The van der Waals surface area contributed by atoms with Crippen molar-refractivity contribution >= 4 is 50.3 Å². The van der Waals surface area contributed by atoms with Crippen molar-refractivity contribution in [3.8, 4) is 0 Å². The molecule has 0 amide bonds. The van der Waals surface area contributed by atoms with Crippen LogP contribution in [0.15, 0.2) is 24.7 Å². The Hall–Kier alpha value is -3.17. The molecule has 1 unspecified atom stereocenters. The van der Waals surface area contributed by atoms with Gasteiger partial charge in [-0.3, -0.25) is 4.98 Å². The third-order valence-corrected chi connectivity index (χ3v) is 7.54. The summed E-state index contributed by atoms with van der Waals surface area (Å²) >= 11 is 8.37. The molecule has 5 heterocycles. The van der Waals surface area contributed by atoms with E-state index in [1.165, 1.54) is 4.88 Å². The standard InChI is InChI=1S/C23H21ClN8S/c1-2-13-19(24)18-20(12-3-4-14-16(9-12)33-23(25)30-14)31-17(32-22(18)29-13)8-11-7-15-21(28-10-11)27-6-5-26-15/h5-7,10,12H,2-4,8-9H2,1H3,(H2,25,30)(H,29,31,32). The minimum Gasteiger partial charge on any atom is -0.375 e. The van der Waals surface area contributed by atoms with E-state index in [2.05, 4.69) is 31.8 Å². The second-order valence-electron chi connectivity index (χ2n) is 8.30. The second-order valence-corrected chi connectivity index (χ2v) is 9.79. The predicted octanol–water partition coefficient (Wildman–Crippen LogP) is 4.41. The van der Waals surface area contributed by atoms with Gasteiger partial charge in [0.2, 0.25) is 0 Å². The van der Waals surface area contributed by atoms with Gasteiger partial charge >= 0.3 is 0 Å². The Kier molecular flexibility index (Phi) is 4.95. The molecule has 0 aromatic carbocycles. The highest BCUT2D eigenvalue weighted by molar-refractivity contribution is 7.15. The van der Waals surface area contributed by atoms with Crippen LogP contribution < -0.4 is 5.73 Å². The summed E-state index contributed by atoms with van der Waals surface area (Å²) < 4.78 is 0. The highest BCUT2D eigenvalue weighted by Gasteiger charge is 2.28. The quantitative estimate of drug-likeness (QED) is 0.394. The van der Waals surface area contributed by atoms with Crippen LogP contribution in [0.1, 0.15) is 52.6 Å². The van der Waals surface area contributed by atoms with Crippen molar-refractivity contribution in [3.05, 3.63) is 63.0 Å². The maximum atomic E-state index is 6.80. The third kappa shape index (κ3) is 3.61. The largest absolute Gasteiger partial charge is 0.375 e. The molecule has 0 radical (unpaired) electrons. The lowest BCUT2D eigenvalue weighted by Gasteiger charge is -2.22. The van der Waals surface area contributed by atoms with Gasteiger partial charge in [-0.05, 0) is 37.3 Å². The van der Waals surface area contributed by atoms with Gasteiger partial charge in [0.25, 0.3) is 0 Å². The van der Waals surface area contributed by atoms with Crippen LogP contribution >= 0.6 is 22.9 Å². The van der Waals surface area contributed by atoms with Crippen LogP contribution in [-0.2, 0) is 25.7 Å². The number of aromatic nitrogens is 7. The molecule has 5 aromatic heterocycles. The fourth-order valence-corrected chi connectivity index (χ4v) is 5.93.